The number of nitrogens with two attached hydrogens (primary N) is 1. The number of rotatable bonds is 8. The zero-order valence-electron chi connectivity index (χ0n) is 17.0. The molecule has 2 aromatic rings. The summed E-state index contributed by atoms with van der Waals surface area (Å²) >= 11 is 0. The number of anilines is 1. The minimum atomic E-state index is -1.13. The number of pyridine rings is 1. The molecule has 0 bridgehead atoms. The molecule has 2 amide bonds. The molecule has 1 aromatic heterocycles. The highest BCUT2D eigenvalue weighted by Gasteiger charge is 2.20. The van der Waals surface area contributed by atoms with Crippen LogP contribution >= 0.6 is 0 Å². The van der Waals surface area contributed by atoms with Crippen LogP contribution in [0.25, 0.3) is 11.1 Å². The van der Waals surface area contributed by atoms with Gasteiger partial charge in [-0.25, -0.2) is 9.78 Å². The quantitative estimate of drug-likeness (QED) is 0.672. The van der Waals surface area contributed by atoms with Crippen LogP contribution < -0.4 is 15.4 Å². The van der Waals surface area contributed by atoms with Gasteiger partial charge in [0.2, 0.25) is 5.91 Å². The SMILES string of the molecule is COc1cccc(-c2ccc(N3CCN(CCN(CC(N)=O)C(=O)O)CC3)nc2)c1. The van der Waals surface area contributed by atoms with Gasteiger partial charge in [0.05, 0.1) is 7.11 Å². The molecule has 9 heteroatoms. The molecule has 2 heterocycles. The minimum Gasteiger partial charge on any atom is -0.497 e. The average Bonchev–Trinajstić information content (AvgIpc) is 2.77. The number of ether oxygens (including phenoxy) is 1. The van der Waals surface area contributed by atoms with Crippen molar-refractivity contribution in [2.24, 2.45) is 5.73 Å². The topological polar surface area (TPSA) is 112 Å². The third-order valence-corrected chi connectivity index (χ3v) is 5.15. The smallest absolute Gasteiger partial charge is 0.407 e. The van der Waals surface area contributed by atoms with Gasteiger partial charge in [-0.1, -0.05) is 12.1 Å². The second-order valence-electron chi connectivity index (χ2n) is 7.14. The number of nitrogens with zero attached hydrogens (tertiary/aromatic N) is 4. The summed E-state index contributed by atoms with van der Waals surface area (Å²) in [5, 5.41) is 9.15. The van der Waals surface area contributed by atoms with Crippen LogP contribution in [0.2, 0.25) is 0 Å². The summed E-state index contributed by atoms with van der Waals surface area (Å²) in [7, 11) is 1.65. The third kappa shape index (κ3) is 5.60. The first-order chi connectivity index (χ1) is 14.5. The predicted molar refractivity (Wildman–Crippen MR) is 114 cm³/mol. The van der Waals surface area contributed by atoms with Crippen molar-refractivity contribution in [3.63, 3.8) is 0 Å². The molecule has 1 aromatic carbocycles. The fourth-order valence-corrected chi connectivity index (χ4v) is 3.44. The number of benzene rings is 1. The molecule has 9 nitrogen and oxygen atoms in total. The van der Waals surface area contributed by atoms with Gasteiger partial charge in [-0.2, -0.15) is 0 Å². The van der Waals surface area contributed by atoms with E-state index in [9.17, 15) is 9.59 Å². The lowest BCUT2D eigenvalue weighted by Crippen LogP contribution is -2.49. The monoisotopic (exact) mass is 413 g/mol. The zero-order valence-corrected chi connectivity index (χ0v) is 17.0. The Bertz CT molecular complexity index is 866. The summed E-state index contributed by atoms with van der Waals surface area (Å²) in [5.74, 6) is 1.08. The predicted octanol–water partition coefficient (Wildman–Crippen LogP) is 1.34. The molecule has 3 rings (SSSR count). The Kier molecular flexibility index (Phi) is 7.08. The molecule has 0 radical (unpaired) electrons. The number of methoxy groups -OCH3 is 1. The van der Waals surface area contributed by atoms with Crippen molar-refractivity contribution in [3.05, 3.63) is 42.6 Å². The molecular formula is C21H27N5O4. The number of amides is 2. The fourth-order valence-electron chi connectivity index (χ4n) is 3.44. The van der Waals surface area contributed by atoms with Gasteiger partial charge >= 0.3 is 6.09 Å². The molecular weight excluding hydrogens is 386 g/mol. The molecule has 160 valence electrons. The Labute approximate surface area is 175 Å². The average molecular weight is 413 g/mol. The van der Waals surface area contributed by atoms with E-state index in [0.29, 0.717) is 6.54 Å². The van der Waals surface area contributed by atoms with Crippen molar-refractivity contribution in [1.29, 1.82) is 0 Å². The second kappa shape index (κ2) is 9.93. The van der Waals surface area contributed by atoms with Crippen molar-refractivity contribution in [3.8, 4) is 16.9 Å². The number of carbonyl (C=O) groups is 2. The molecule has 0 spiro atoms. The van der Waals surface area contributed by atoms with Gasteiger partial charge in [-0.15, -0.1) is 0 Å². The summed E-state index contributed by atoms with van der Waals surface area (Å²) in [6, 6.07) is 11.9. The van der Waals surface area contributed by atoms with Gasteiger partial charge in [0.25, 0.3) is 0 Å². The lowest BCUT2D eigenvalue weighted by atomic mass is 10.1. The number of aromatic nitrogens is 1. The summed E-state index contributed by atoms with van der Waals surface area (Å²) < 4.78 is 5.28. The maximum atomic E-state index is 11.2. The minimum absolute atomic E-state index is 0.256. The van der Waals surface area contributed by atoms with Crippen LogP contribution in [0.1, 0.15) is 0 Å². The Morgan fingerprint density at radius 2 is 1.93 bits per heavy atom. The molecule has 1 saturated heterocycles. The van der Waals surface area contributed by atoms with E-state index in [1.165, 1.54) is 0 Å². The fraction of sp³-hybridized carbons (Fsp3) is 0.381. The summed E-state index contributed by atoms with van der Waals surface area (Å²) in [5.41, 5.74) is 7.19. The number of primary amides is 1. The second-order valence-corrected chi connectivity index (χ2v) is 7.14. The Hall–Kier alpha value is -3.33. The van der Waals surface area contributed by atoms with Crippen LogP contribution in [0.5, 0.6) is 5.75 Å². The molecule has 30 heavy (non-hydrogen) atoms. The van der Waals surface area contributed by atoms with E-state index >= 15 is 0 Å². The summed E-state index contributed by atoms with van der Waals surface area (Å²) in [4.78, 5) is 32.2. The van der Waals surface area contributed by atoms with Crippen LogP contribution in [0.4, 0.5) is 10.6 Å². The maximum Gasteiger partial charge on any atom is 0.407 e. The number of piperazine rings is 1. The normalized spacial score (nSPS) is 14.4. The molecule has 1 aliphatic heterocycles. The first kappa shape index (κ1) is 21.4. The van der Waals surface area contributed by atoms with E-state index in [0.717, 1.165) is 53.8 Å². The van der Waals surface area contributed by atoms with Crippen molar-refractivity contribution >= 4 is 17.8 Å². The van der Waals surface area contributed by atoms with Gasteiger partial charge in [0.15, 0.2) is 0 Å². The Morgan fingerprint density at radius 1 is 1.17 bits per heavy atom. The van der Waals surface area contributed by atoms with Crippen LogP contribution in [-0.4, -0.2) is 84.8 Å². The molecule has 0 unspecified atom stereocenters. The van der Waals surface area contributed by atoms with Crippen LogP contribution in [0.3, 0.4) is 0 Å². The highest BCUT2D eigenvalue weighted by Crippen LogP contribution is 2.25. The first-order valence-corrected chi connectivity index (χ1v) is 9.80. The highest BCUT2D eigenvalue weighted by atomic mass is 16.5. The Balaban J connectivity index is 1.52. The summed E-state index contributed by atoms with van der Waals surface area (Å²) in [6.45, 7) is 3.73. The van der Waals surface area contributed by atoms with Crippen molar-refractivity contribution in [2.45, 2.75) is 0 Å². The zero-order chi connectivity index (χ0) is 21.5. The van der Waals surface area contributed by atoms with Gasteiger partial charge in [-0.05, 0) is 29.8 Å². The number of hydrogen-bond donors (Lipinski definition) is 2. The van der Waals surface area contributed by atoms with Crippen LogP contribution in [0.15, 0.2) is 42.6 Å². The molecule has 0 aliphatic carbocycles. The number of carbonyl (C=O) groups excluding carboxylic acids is 1. The highest BCUT2D eigenvalue weighted by molar-refractivity contribution is 5.80. The van der Waals surface area contributed by atoms with E-state index < -0.39 is 12.0 Å². The van der Waals surface area contributed by atoms with Crippen molar-refractivity contribution in [2.75, 3.05) is 57.8 Å². The van der Waals surface area contributed by atoms with Crippen molar-refractivity contribution < 1.29 is 19.4 Å². The van der Waals surface area contributed by atoms with Crippen LogP contribution in [-0.2, 0) is 4.79 Å². The van der Waals surface area contributed by atoms with E-state index in [1.807, 2.05) is 36.5 Å². The Morgan fingerprint density at radius 3 is 2.53 bits per heavy atom. The van der Waals surface area contributed by atoms with Crippen molar-refractivity contribution in [1.82, 2.24) is 14.8 Å². The molecule has 0 atom stereocenters. The van der Waals surface area contributed by atoms with Gasteiger partial charge in [-0.3, -0.25) is 14.6 Å². The van der Waals surface area contributed by atoms with E-state index in [2.05, 4.69) is 20.9 Å². The molecule has 3 N–H and O–H groups in total. The van der Waals surface area contributed by atoms with Gasteiger partial charge in [0, 0.05) is 51.0 Å². The van der Waals surface area contributed by atoms with E-state index in [4.69, 9.17) is 15.6 Å². The maximum absolute atomic E-state index is 11.2. The first-order valence-electron chi connectivity index (χ1n) is 9.80. The largest absolute Gasteiger partial charge is 0.497 e. The van der Waals surface area contributed by atoms with E-state index in [-0.39, 0.29) is 13.1 Å². The van der Waals surface area contributed by atoms with Gasteiger partial charge in [0.1, 0.15) is 18.1 Å². The van der Waals surface area contributed by atoms with Gasteiger partial charge < -0.3 is 20.5 Å². The number of carboxylic acid groups (broad SMARTS) is 1. The molecule has 0 saturated carbocycles. The molecule has 1 fully saturated rings. The summed E-state index contributed by atoms with van der Waals surface area (Å²) in [6.07, 6.45) is 0.734. The number of hydrogen-bond acceptors (Lipinski definition) is 6. The third-order valence-electron chi connectivity index (χ3n) is 5.15. The molecule has 1 aliphatic rings. The van der Waals surface area contributed by atoms with E-state index in [1.54, 1.807) is 7.11 Å². The standard InChI is InChI=1S/C21H27N5O4/c1-30-18-4-2-3-16(13-18)17-5-6-20(23-14-17)25-10-7-24(8-11-25)9-12-26(21(28)29)15-19(22)27/h2-6,13-14H,7-12,15H2,1H3,(H2,22,27)(H,28,29). The lowest BCUT2D eigenvalue weighted by molar-refractivity contribution is -0.118. The van der Waals surface area contributed by atoms with Crippen LogP contribution in [0, 0.1) is 0 Å². The lowest BCUT2D eigenvalue weighted by Gasteiger charge is -2.36.